The normalized spacial score (nSPS) is 20.1. The summed E-state index contributed by atoms with van der Waals surface area (Å²) in [5.41, 5.74) is 2.52. The zero-order valence-corrected chi connectivity index (χ0v) is 17.5. The molecule has 0 saturated carbocycles. The smallest absolute Gasteiger partial charge is 0.253 e. The lowest BCUT2D eigenvalue weighted by Gasteiger charge is -2.27. The van der Waals surface area contributed by atoms with E-state index in [0.717, 1.165) is 24.8 Å². The van der Waals surface area contributed by atoms with E-state index in [1.165, 1.54) is 28.1 Å². The Kier molecular flexibility index (Phi) is 5.92. The van der Waals surface area contributed by atoms with Crippen molar-refractivity contribution in [3.63, 3.8) is 0 Å². The van der Waals surface area contributed by atoms with E-state index in [0.29, 0.717) is 26.3 Å². The van der Waals surface area contributed by atoms with Crippen molar-refractivity contribution in [1.29, 1.82) is 0 Å². The summed E-state index contributed by atoms with van der Waals surface area (Å²) >= 11 is 6.26. The van der Waals surface area contributed by atoms with Crippen molar-refractivity contribution in [2.45, 2.75) is 30.2 Å². The first-order chi connectivity index (χ1) is 14.0. The highest BCUT2D eigenvalue weighted by atomic mass is 35.5. The third-order valence-corrected chi connectivity index (χ3v) is 7.69. The Morgan fingerprint density at radius 3 is 2.69 bits per heavy atom. The quantitative estimate of drug-likeness (QED) is 0.801. The zero-order valence-electron chi connectivity index (χ0n) is 15.9. The van der Waals surface area contributed by atoms with Crippen molar-refractivity contribution < 1.29 is 17.9 Å². The Hall–Kier alpha value is -1.93. The maximum Gasteiger partial charge on any atom is 0.253 e. The SMILES string of the molecule is O=C(NC1CCCc2ccccc21)c1cc(S(=O)(=O)N2CCOCC2)ccc1Cl. The second-order valence-electron chi connectivity index (χ2n) is 7.28. The fourth-order valence-corrected chi connectivity index (χ4v) is 5.55. The largest absolute Gasteiger partial charge is 0.379 e. The van der Waals surface area contributed by atoms with E-state index < -0.39 is 10.0 Å². The summed E-state index contributed by atoms with van der Waals surface area (Å²) in [4.78, 5) is 13.0. The van der Waals surface area contributed by atoms with Gasteiger partial charge in [-0.2, -0.15) is 4.31 Å². The number of nitrogens with zero attached hydrogens (tertiary/aromatic N) is 1. The molecule has 1 aliphatic heterocycles. The number of hydrogen-bond donors (Lipinski definition) is 1. The second-order valence-corrected chi connectivity index (χ2v) is 9.62. The van der Waals surface area contributed by atoms with Gasteiger partial charge in [0.1, 0.15) is 0 Å². The fourth-order valence-electron chi connectivity index (χ4n) is 3.91. The number of ether oxygens (including phenoxy) is 1. The molecule has 1 atom stereocenters. The van der Waals surface area contributed by atoms with E-state index in [4.69, 9.17) is 16.3 Å². The molecule has 4 rings (SSSR count). The molecule has 1 amide bonds. The summed E-state index contributed by atoms with van der Waals surface area (Å²) in [6.07, 6.45) is 2.82. The molecular formula is C21H23ClN2O4S. The number of amides is 1. The molecule has 2 aromatic carbocycles. The lowest BCUT2D eigenvalue weighted by atomic mass is 9.87. The average Bonchev–Trinajstić information content (AvgIpc) is 2.75. The number of nitrogens with one attached hydrogen (secondary N) is 1. The average molecular weight is 435 g/mol. The fraction of sp³-hybridized carbons (Fsp3) is 0.381. The van der Waals surface area contributed by atoms with Crippen molar-refractivity contribution >= 4 is 27.5 Å². The predicted octanol–water partition coefficient (Wildman–Crippen LogP) is 3.17. The molecular weight excluding hydrogens is 412 g/mol. The Balaban J connectivity index is 1.59. The number of morpholine rings is 1. The van der Waals surface area contributed by atoms with Crippen LogP contribution in [0.3, 0.4) is 0 Å². The van der Waals surface area contributed by atoms with E-state index in [1.807, 2.05) is 18.2 Å². The highest BCUT2D eigenvalue weighted by Crippen LogP contribution is 2.30. The number of benzene rings is 2. The molecule has 0 aromatic heterocycles. The summed E-state index contributed by atoms with van der Waals surface area (Å²) in [5, 5.41) is 3.27. The maximum atomic E-state index is 13.0. The van der Waals surface area contributed by atoms with E-state index in [9.17, 15) is 13.2 Å². The molecule has 0 spiro atoms. The van der Waals surface area contributed by atoms with Crippen molar-refractivity contribution in [3.05, 3.63) is 64.2 Å². The summed E-state index contributed by atoms with van der Waals surface area (Å²) in [5.74, 6) is -0.365. The predicted molar refractivity (Wildman–Crippen MR) is 111 cm³/mol. The molecule has 1 unspecified atom stereocenters. The molecule has 1 saturated heterocycles. The van der Waals surface area contributed by atoms with Gasteiger partial charge in [0, 0.05) is 13.1 Å². The molecule has 1 aliphatic carbocycles. The van der Waals surface area contributed by atoms with Crippen molar-refractivity contribution in [1.82, 2.24) is 9.62 Å². The van der Waals surface area contributed by atoms with Crippen LogP contribution in [0.1, 0.15) is 40.4 Å². The summed E-state index contributed by atoms with van der Waals surface area (Å²) in [7, 11) is -3.70. The lowest BCUT2D eigenvalue weighted by molar-refractivity contribution is 0.0730. The van der Waals surface area contributed by atoms with E-state index in [2.05, 4.69) is 11.4 Å². The molecule has 0 radical (unpaired) electrons. The highest BCUT2D eigenvalue weighted by molar-refractivity contribution is 7.89. The minimum Gasteiger partial charge on any atom is -0.379 e. The Morgan fingerprint density at radius 1 is 1.14 bits per heavy atom. The van der Waals surface area contributed by atoms with Crippen LogP contribution in [0.2, 0.25) is 5.02 Å². The first-order valence-electron chi connectivity index (χ1n) is 9.73. The standard InChI is InChI=1S/C21H23ClN2O4S/c22-19-9-8-16(29(26,27)24-10-12-28-13-11-24)14-18(19)21(25)23-20-7-3-5-15-4-1-2-6-17(15)20/h1-2,4,6,8-9,14,20H,3,5,7,10-13H2,(H,23,25). The van der Waals surface area contributed by atoms with Crippen LogP contribution in [0.25, 0.3) is 0 Å². The number of fused-ring (bicyclic) bond motifs is 1. The van der Waals surface area contributed by atoms with Crippen LogP contribution < -0.4 is 5.32 Å². The molecule has 2 aliphatic rings. The van der Waals surface area contributed by atoms with Gasteiger partial charge in [-0.1, -0.05) is 35.9 Å². The molecule has 154 valence electrons. The van der Waals surface area contributed by atoms with Crippen molar-refractivity contribution in [2.24, 2.45) is 0 Å². The second kappa shape index (κ2) is 8.44. The van der Waals surface area contributed by atoms with E-state index >= 15 is 0 Å². The lowest BCUT2D eigenvalue weighted by Crippen LogP contribution is -2.40. The van der Waals surface area contributed by atoms with Gasteiger partial charge in [0.2, 0.25) is 10.0 Å². The number of aryl methyl sites for hydroxylation is 1. The van der Waals surface area contributed by atoms with Gasteiger partial charge in [-0.05, 0) is 48.6 Å². The van der Waals surface area contributed by atoms with Crippen LogP contribution >= 0.6 is 11.6 Å². The minimum atomic E-state index is -3.70. The van der Waals surface area contributed by atoms with Gasteiger partial charge < -0.3 is 10.1 Å². The van der Waals surface area contributed by atoms with Gasteiger partial charge >= 0.3 is 0 Å². The molecule has 6 nitrogen and oxygen atoms in total. The van der Waals surface area contributed by atoms with Gasteiger partial charge in [-0.3, -0.25) is 4.79 Å². The highest BCUT2D eigenvalue weighted by Gasteiger charge is 2.28. The number of hydrogen-bond acceptors (Lipinski definition) is 4. The van der Waals surface area contributed by atoms with Gasteiger partial charge in [-0.15, -0.1) is 0 Å². The number of carbonyl (C=O) groups is 1. The van der Waals surface area contributed by atoms with Gasteiger partial charge in [-0.25, -0.2) is 8.42 Å². The molecule has 1 N–H and O–H groups in total. The summed E-state index contributed by atoms with van der Waals surface area (Å²) < 4.78 is 32.5. The van der Waals surface area contributed by atoms with E-state index in [-0.39, 0.29) is 27.4 Å². The van der Waals surface area contributed by atoms with Crippen molar-refractivity contribution in [3.8, 4) is 0 Å². The number of sulfonamides is 1. The van der Waals surface area contributed by atoms with Crippen LogP contribution in [0, 0.1) is 0 Å². The molecule has 1 heterocycles. The first kappa shape index (κ1) is 20.3. The molecule has 2 aromatic rings. The van der Waals surface area contributed by atoms with Crippen LogP contribution in [0.15, 0.2) is 47.4 Å². The number of rotatable bonds is 4. The third kappa shape index (κ3) is 4.19. The van der Waals surface area contributed by atoms with Crippen LogP contribution in [-0.4, -0.2) is 44.9 Å². The van der Waals surface area contributed by atoms with Gasteiger partial charge in [0.05, 0.1) is 34.7 Å². The van der Waals surface area contributed by atoms with Crippen LogP contribution in [0.4, 0.5) is 0 Å². The number of carbonyl (C=O) groups excluding carboxylic acids is 1. The Morgan fingerprint density at radius 2 is 1.90 bits per heavy atom. The van der Waals surface area contributed by atoms with Crippen molar-refractivity contribution in [2.75, 3.05) is 26.3 Å². The molecule has 8 heteroatoms. The molecule has 1 fully saturated rings. The Labute approximate surface area is 175 Å². The molecule has 29 heavy (non-hydrogen) atoms. The van der Waals surface area contributed by atoms with Crippen LogP contribution in [-0.2, 0) is 21.2 Å². The molecule has 0 bridgehead atoms. The zero-order chi connectivity index (χ0) is 20.4. The third-order valence-electron chi connectivity index (χ3n) is 5.47. The monoisotopic (exact) mass is 434 g/mol. The summed E-state index contributed by atoms with van der Waals surface area (Å²) in [6.45, 7) is 1.32. The minimum absolute atomic E-state index is 0.0676. The van der Waals surface area contributed by atoms with E-state index in [1.54, 1.807) is 0 Å². The number of halogens is 1. The topological polar surface area (TPSA) is 75.7 Å². The van der Waals surface area contributed by atoms with Crippen LogP contribution in [0.5, 0.6) is 0 Å². The maximum absolute atomic E-state index is 13.0. The van der Waals surface area contributed by atoms with Gasteiger partial charge in [0.25, 0.3) is 5.91 Å². The van der Waals surface area contributed by atoms with Gasteiger partial charge in [0.15, 0.2) is 0 Å². The summed E-state index contributed by atoms with van der Waals surface area (Å²) in [6, 6.07) is 12.3. The first-order valence-corrected chi connectivity index (χ1v) is 11.5. The Bertz CT molecular complexity index is 1020.